The van der Waals surface area contributed by atoms with Gasteiger partial charge in [-0.3, -0.25) is 4.79 Å². The number of rotatable bonds is 3. The molecule has 0 N–H and O–H groups in total. The summed E-state index contributed by atoms with van der Waals surface area (Å²) < 4.78 is 5.11. The van der Waals surface area contributed by atoms with Crippen LogP contribution in [0.5, 0.6) is 5.75 Å². The molecule has 5 nitrogen and oxygen atoms in total. The number of methoxy groups -OCH3 is 1. The Morgan fingerprint density at radius 3 is 2.67 bits per heavy atom. The van der Waals surface area contributed by atoms with Crippen LogP contribution in [0.25, 0.3) is 6.08 Å². The molecular formula is C15H13N3O2S. The smallest absolute Gasteiger partial charge is 0.284 e. The van der Waals surface area contributed by atoms with Crippen LogP contribution in [0.3, 0.4) is 0 Å². The molecule has 0 saturated heterocycles. The van der Waals surface area contributed by atoms with E-state index in [0.29, 0.717) is 16.7 Å². The highest BCUT2D eigenvalue weighted by atomic mass is 32.1. The molecule has 21 heavy (non-hydrogen) atoms. The van der Waals surface area contributed by atoms with Crippen LogP contribution < -0.4 is 9.64 Å². The molecule has 2 heterocycles. The van der Waals surface area contributed by atoms with E-state index >= 15 is 0 Å². The van der Waals surface area contributed by atoms with Crippen LogP contribution in [-0.2, 0) is 4.79 Å². The quantitative estimate of drug-likeness (QED) is 0.819. The van der Waals surface area contributed by atoms with Gasteiger partial charge in [0.1, 0.15) is 17.3 Å². The van der Waals surface area contributed by atoms with Crippen LogP contribution in [0.1, 0.15) is 12.5 Å². The Morgan fingerprint density at radius 1 is 1.29 bits per heavy atom. The molecule has 1 aliphatic rings. The molecule has 1 amide bonds. The van der Waals surface area contributed by atoms with E-state index in [2.05, 4.69) is 9.98 Å². The lowest BCUT2D eigenvalue weighted by atomic mass is 10.2. The Labute approximate surface area is 126 Å². The van der Waals surface area contributed by atoms with Crippen LogP contribution in [0.2, 0.25) is 0 Å². The third-order valence-corrected chi connectivity index (χ3v) is 3.81. The molecule has 6 heteroatoms. The van der Waals surface area contributed by atoms with E-state index in [-0.39, 0.29) is 5.91 Å². The molecule has 0 fully saturated rings. The number of benzene rings is 1. The summed E-state index contributed by atoms with van der Waals surface area (Å²) in [4.78, 5) is 22.5. The van der Waals surface area contributed by atoms with Crippen LogP contribution in [0.15, 0.2) is 46.5 Å². The van der Waals surface area contributed by atoms with Crippen molar-refractivity contribution in [2.24, 2.45) is 4.99 Å². The molecular weight excluding hydrogens is 286 g/mol. The van der Waals surface area contributed by atoms with Gasteiger partial charge < -0.3 is 4.74 Å². The van der Waals surface area contributed by atoms with E-state index < -0.39 is 0 Å². The lowest BCUT2D eigenvalue weighted by Gasteiger charge is -2.11. The standard InChI is InChI=1S/C15H13N3O2S/c1-10-17-13(9-11-3-5-12(20-2)6-4-11)14(19)18(10)15-16-7-8-21-15/h3-9H,1-2H3/b13-9-. The van der Waals surface area contributed by atoms with E-state index in [9.17, 15) is 4.79 Å². The van der Waals surface area contributed by atoms with Gasteiger partial charge in [-0.1, -0.05) is 12.1 Å². The summed E-state index contributed by atoms with van der Waals surface area (Å²) in [5, 5.41) is 2.47. The molecule has 1 aromatic carbocycles. The average Bonchev–Trinajstić information content (AvgIpc) is 3.09. The van der Waals surface area contributed by atoms with Gasteiger partial charge in [0, 0.05) is 11.6 Å². The van der Waals surface area contributed by atoms with Crippen molar-refractivity contribution in [3.05, 3.63) is 47.1 Å². The zero-order valence-corrected chi connectivity index (χ0v) is 12.4. The minimum atomic E-state index is -0.154. The highest BCUT2D eigenvalue weighted by Gasteiger charge is 2.30. The molecule has 0 saturated carbocycles. The lowest BCUT2D eigenvalue weighted by Crippen LogP contribution is -2.29. The maximum atomic E-state index is 12.4. The number of hydrogen-bond donors (Lipinski definition) is 0. The Hall–Kier alpha value is -2.47. The molecule has 106 valence electrons. The van der Waals surface area contributed by atoms with Crippen LogP contribution in [0, 0.1) is 0 Å². The van der Waals surface area contributed by atoms with Crippen LogP contribution in [-0.4, -0.2) is 23.8 Å². The minimum Gasteiger partial charge on any atom is -0.497 e. The van der Waals surface area contributed by atoms with E-state index in [1.54, 1.807) is 26.3 Å². The number of nitrogens with zero attached hydrogens (tertiary/aromatic N) is 3. The van der Waals surface area contributed by atoms with E-state index in [1.807, 2.05) is 29.6 Å². The number of aliphatic imine (C=N–C) groups is 1. The second kappa shape index (κ2) is 5.49. The predicted molar refractivity (Wildman–Crippen MR) is 83.7 cm³/mol. The van der Waals surface area contributed by atoms with Crippen molar-refractivity contribution >= 4 is 34.3 Å². The summed E-state index contributed by atoms with van der Waals surface area (Å²) >= 11 is 1.41. The van der Waals surface area contributed by atoms with Gasteiger partial charge in [0.25, 0.3) is 5.91 Å². The highest BCUT2D eigenvalue weighted by Crippen LogP contribution is 2.26. The van der Waals surface area contributed by atoms with Crippen molar-refractivity contribution in [3.8, 4) is 5.75 Å². The van der Waals surface area contributed by atoms with E-state index in [0.717, 1.165) is 11.3 Å². The van der Waals surface area contributed by atoms with E-state index in [4.69, 9.17) is 4.74 Å². The molecule has 0 radical (unpaired) electrons. The van der Waals surface area contributed by atoms with Gasteiger partial charge >= 0.3 is 0 Å². The molecule has 0 unspecified atom stereocenters. The number of hydrogen-bond acceptors (Lipinski definition) is 5. The fourth-order valence-corrected chi connectivity index (χ4v) is 2.72. The number of aromatic nitrogens is 1. The predicted octanol–water partition coefficient (Wildman–Crippen LogP) is 2.96. The molecule has 3 rings (SSSR count). The zero-order chi connectivity index (χ0) is 14.8. The van der Waals surface area contributed by atoms with Gasteiger partial charge in [-0.15, -0.1) is 11.3 Å². The van der Waals surface area contributed by atoms with Gasteiger partial charge in [-0.2, -0.15) is 0 Å². The third-order valence-electron chi connectivity index (χ3n) is 3.06. The summed E-state index contributed by atoms with van der Waals surface area (Å²) in [5.41, 5.74) is 1.31. The molecule has 2 aromatic rings. The van der Waals surface area contributed by atoms with Crippen molar-refractivity contribution in [1.29, 1.82) is 0 Å². The second-order valence-electron chi connectivity index (χ2n) is 4.42. The summed E-state index contributed by atoms with van der Waals surface area (Å²) in [7, 11) is 1.62. The van der Waals surface area contributed by atoms with Gasteiger partial charge in [0.2, 0.25) is 0 Å². The average molecular weight is 299 g/mol. The first-order valence-electron chi connectivity index (χ1n) is 6.34. The maximum Gasteiger partial charge on any atom is 0.284 e. The molecule has 1 aromatic heterocycles. The highest BCUT2D eigenvalue weighted by molar-refractivity contribution is 7.14. The lowest BCUT2D eigenvalue weighted by molar-refractivity contribution is -0.113. The van der Waals surface area contributed by atoms with Crippen molar-refractivity contribution in [1.82, 2.24) is 4.98 Å². The first-order valence-corrected chi connectivity index (χ1v) is 7.22. The van der Waals surface area contributed by atoms with Crippen molar-refractivity contribution in [2.75, 3.05) is 12.0 Å². The summed E-state index contributed by atoms with van der Waals surface area (Å²) in [5.74, 6) is 1.26. The normalized spacial score (nSPS) is 16.5. The summed E-state index contributed by atoms with van der Waals surface area (Å²) in [6.07, 6.45) is 3.44. The largest absolute Gasteiger partial charge is 0.497 e. The Morgan fingerprint density at radius 2 is 2.05 bits per heavy atom. The summed E-state index contributed by atoms with van der Waals surface area (Å²) in [6, 6.07) is 7.47. The van der Waals surface area contributed by atoms with Gasteiger partial charge in [-0.25, -0.2) is 14.9 Å². The Bertz CT molecular complexity index is 718. The number of thiazole rings is 1. The first-order chi connectivity index (χ1) is 10.2. The van der Waals surface area contributed by atoms with Gasteiger partial charge in [0.15, 0.2) is 5.13 Å². The molecule has 1 aliphatic heterocycles. The topological polar surface area (TPSA) is 54.8 Å². The van der Waals surface area contributed by atoms with Crippen LogP contribution in [0.4, 0.5) is 5.13 Å². The molecule has 0 spiro atoms. The van der Waals surface area contributed by atoms with E-state index in [1.165, 1.54) is 16.2 Å². The maximum absolute atomic E-state index is 12.4. The zero-order valence-electron chi connectivity index (χ0n) is 11.6. The first kappa shape index (κ1) is 13.5. The number of carbonyl (C=O) groups is 1. The van der Waals surface area contributed by atoms with Gasteiger partial charge in [0.05, 0.1) is 7.11 Å². The minimum absolute atomic E-state index is 0.154. The molecule has 0 atom stereocenters. The fraction of sp³-hybridized carbons (Fsp3) is 0.133. The van der Waals surface area contributed by atoms with Gasteiger partial charge in [-0.05, 0) is 30.7 Å². The molecule has 0 aliphatic carbocycles. The third kappa shape index (κ3) is 2.57. The monoisotopic (exact) mass is 299 g/mol. The Kier molecular flexibility index (Phi) is 3.53. The second-order valence-corrected chi connectivity index (χ2v) is 5.29. The van der Waals surface area contributed by atoms with Crippen molar-refractivity contribution in [3.63, 3.8) is 0 Å². The fourth-order valence-electron chi connectivity index (χ4n) is 2.04. The number of carbonyl (C=O) groups excluding carboxylic acids is 1. The van der Waals surface area contributed by atoms with Crippen molar-refractivity contribution in [2.45, 2.75) is 6.92 Å². The number of ether oxygens (including phenoxy) is 1. The SMILES string of the molecule is COc1ccc(/C=C2\N=C(C)N(c3nccs3)C2=O)cc1. The number of anilines is 1. The van der Waals surface area contributed by atoms with Crippen LogP contribution >= 0.6 is 11.3 Å². The Balaban J connectivity index is 1.89. The molecule has 0 bridgehead atoms. The summed E-state index contributed by atoms with van der Waals surface area (Å²) in [6.45, 7) is 1.80. The van der Waals surface area contributed by atoms with Crippen molar-refractivity contribution < 1.29 is 9.53 Å². The number of amides is 1. The number of amidine groups is 1.